The highest BCUT2D eigenvalue weighted by Crippen LogP contribution is 1.92. The number of aryl methyl sites for hydroxylation is 1. The quantitative estimate of drug-likeness (QED) is 0.375. The van der Waals surface area contributed by atoms with Crippen LogP contribution >= 0.6 is 0 Å². The van der Waals surface area contributed by atoms with Crippen LogP contribution in [0.4, 0.5) is 0 Å². The molecule has 4 nitrogen and oxygen atoms in total. The van der Waals surface area contributed by atoms with Crippen LogP contribution in [-0.2, 0) is 4.79 Å². The van der Waals surface area contributed by atoms with Gasteiger partial charge in [0.05, 0.1) is 0 Å². The number of rotatable bonds is 1. The first-order valence-corrected chi connectivity index (χ1v) is 3.70. The number of amides is 1. The summed E-state index contributed by atoms with van der Waals surface area (Å²) in [6.45, 7) is 1.91. The fourth-order valence-electron chi connectivity index (χ4n) is 0.831. The van der Waals surface area contributed by atoms with Crippen molar-refractivity contribution >= 4 is 19.0 Å². The maximum absolute atomic E-state index is 8.70. The average molecular weight is 181 g/mol. The van der Waals surface area contributed by atoms with Crippen molar-refractivity contribution in [3.05, 3.63) is 29.8 Å². The third-order valence-electron chi connectivity index (χ3n) is 1.34. The predicted octanol–water partition coefficient (Wildman–Crippen LogP) is -1.22. The number of benzene rings is 1. The fourth-order valence-corrected chi connectivity index (χ4v) is 0.831. The van der Waals surface area contributed by atoms with Gasteiger partial charge in [0.25, 0.3) is 0 Å². The molecule has 1 amide bonds. The highest BCUT2D eigenvalue weighted by atomic mass is 16.4. The van der Waals surface area contributed by atoms with Crippen molar-refractivity contribution in [2.24, 2.45) is 5.73 Å². The van der Waals surface area contributed by atoms with E-state index in [1.165, 1.54) is 0 Å². The molecule has 0 atom stereocenters. The molecule has 1 rings (SSSR count). The summed E-state index contributed by atoms with van der Waals surface area (Å²) >= 11 is 0. The lowest BCUT2D eigenvalue weighted by atomic mass is 9.80. The lowest BCUT2D eigenvalue weighted by molar-refractivity contribution is -0.106. The summed E-state index contributed by atoms with van der Waals surface area (Å²) in [6.07, 6.45) is 0.250. The second-order valence-corrected chi connectivity index (χ2v) is 2.42. The molecule has 0 fully saturated rings. The summed E-state index contributed by atoms with van der Waals surface area (Å²) in [5.74, 6) is 0. The van der Waals surface area contributed by atoms with Crippen molar-refractivity contribution in [1.29, 1.82) is 0 Å². The van der Waals surface area contributed by atoms with E-state index in [4.69, 9.17) is 14.8 Å². The maximum Gasteiger partial charge on any atom is 0.488 e. The highest BCUT2D eigenvalue weighted by molar-refractivity contribution is 6.58. The van der Waals surface area contributed by atoms with Gasteiger partial charge >= 0.3 is 7.12 Å². The second kappa shape index (κ2) is 6.22. The fraction of sp³-hybridized carbons (Fsp3) is 0.125. The van der Waals surface area contributed by atoms with Crippen LogP contribution in [0.2, 0.25) is 0 Å². The molecule has 1 aromatic carbocycles. The van der Waals surface area contributed by atoms with Gasteiger partial charge in [0.2, 0.25) is 6.41 Å². The van der Waals surface area contributed by atoms with E-state index in [0.717, 1.165) is 5.56 Å². The van der Waals surface area contributed by atoms with Gasteiger partial charge in [-0.25, -0.2) is 0 Å². The van der Waals surface area contributed by atoms with Gasteiger partial charge in [0.15, 0.2) is 0 Å². The van der Waals surface area contributed by atoms with E-state index >= 15 is 0 Å². The molecule has 0 heterocycles. The Morgan fingerprint density at radius 3 is 2.31 bits per heavy atom. The predicted molar refractivity (Wildman–Crippen MR) is 51.3 cm³/mol. The summed E-state index contributed by atoms with van der Waals surface area (Å²) in [4.78, 5) is 8.58. The van der Waals surface area contributed by atoms with Crippen LogP contribution in [0.5, 0.6) is 0 Å². The normalized spacial score (nSPS) is 8.23. The number of carbonyl (C=O) groups is 1. The first kappa shape index (κ1) is 11.7. The molecule has 0 spiro atoms. The average Bonchev–Trinajstić information content (AvgIpc) is 2.05. The van der Waals surface area contributed by atoms with E-state index in [1.807, 2.05) is 13.0 Å². The van der Waals surface area contributed by atoms with Crippen molar-refractivity contribution in [3.63, 3.8) is 0 Å². The number of hydrogen-bond acceptors (Lipinski definition) is 3. The van der Waals surface area contributed by atoms with Crippen molar-refractivity contribution in [2.75, 3.05) is 0 Å². The lowest BCUT2D eigenvalue weighted by Crippen LogP contribution is -2.29. The molecule has 0 bridgehead atoms. The molecular formula is C8H12BNO3. The van der Waals surface area contributed by atoms with E-state index in [-0.39, 0.29) is 6.41 Å². The molecule has 0 saturated carbocycles. The zero-order valence-electron chi connectivity index (χ0n) is 7.34. The Labute approximate surface area is 77.1 Å². The van der Waals surface area contributed by atoms with Crippen LogP contribution in [0, 0.1) is 6.92 Å². The number of hydrogen-bond donors (Lipinski definition) is 3. The minimum atomic E-state index is -1.35. The first-order chi connectivity index (χ1) is 6.11. The Morgan fingerprint density at radius 1 is 1.46 bits per heavy atom. The third kappa shape index (κ3) is 5.00. The SMILES string of the molecule is Cc1cccc(B(O)O)c1.NC=O. The van der Waals surface area contributed by atoms with Crippen molar-refractivity contribution < 1.29 is 14.8 Å². The molecule has 0 aliphatic heterocycles. The largest absolute Gasteiger partial charge is 0.488 e. The Hall–Kier alpha value is -1.33. The summed E-state index contributed by atoms with van der Waals surface area (Å²) < 4.78 is 0. The zero-order chi connectivity index (χ0) is 10.3. The summed E-state index contributed by atoms with van der Waals surface area (Å²) in [7, 11) is -1.35. The van der Waals surface area contributed by atoms with Gasteiger partial charge in [-0.3, -0.25) is 4.79 Å². The monoisotopic (exact) mass is 181 g/mol. The minimum Gasteiger partial charge on any atom is -0.423 e. The maximum atomic E-state index is 8.70. The van der Waals surface area contributed by atoms with E-state index in [1.54, 1.807) is 18.2 Å². The van der Waals surface area contributed by atoms with Crippen LogP contribution in [-0.4, -0.2) is 23.6 Å². The summed E-state index contributed by atoms with van der Waals surface area (Å²) in [5.41, 5.74) is 5.74. The van der Waals surface area contributed by atoms with Crippen LogP contribution in [0.25, 0.3) is 0 Å². The second-order valence-electron chi connectivity index (χ2n) is 2.42. The molecule has 0 radical (unpaired) electrons. The van der Waals surface area contributed by atoms with Gasteiger partial charge in [-0.2, -0.15) is 0 Å². The lowest BCUT2D eigenvalue weighted by Gasteiger charge is -1.98. The molecule has 5 heteroatoms. The number of nitrogens with two attached hydrogens (primary N) is 1. The molecule has 0 aromatic heterocycles. The van der Waals surface area contributed by atoms with Gasteiger partial charge in [-0.05, 0) is 12.4 Å². The zero-order valence-corrected chi connectivity index (χ0v) is 7.34. The topological polar surface area (TPSA) is 83.6 Å². The highest BCUT2D eigenvalue weighted by Gasteiger charge is 2.08. The van der Waals surface area contributed by atoms with Crippen molar-refractivity contribution in [1.82, 2.24) is 0 Å². The van der Waals surface area contributed by atoms with E-state index in [0.29, 0.717) is 5.46 Å². The molecule has 0 unspecified atom stereocenters. The first-order valence-electron chi connectivity index (χ1n) is 3.70. The van der Waals surface area contributed by atoms with Crippen LogP contribution in [0.1, 0.15) is 5.56 Å². The molecule has 1 aromatic rings. The summed E-state index contributed by atoms with van der Waals surface area (Å²) in [6, 6.07) is 7.12. The van der Waals surface area contributed by atoms with Gasteiger partial charge in [-0.15, -0.1) is 0 Å². The molecule has 4 N–H and O–H groups in total. The van der Waals surface area contributed by atoms with Crippen molar-refractivity contribution in [2.45, 2.75) is 6.92 Å². The van der Waals surface area contributed by atoms with Crippen LogP contribution in [0.3, 0.4) is 0 Å². The molecule has 0 aliphatic carbocycles. The van der Waals surface area contributed by atoms with E-state index < -0.39 is 7.12 Å². The van der Waals surface area contributed by atoms with Crippen LogP contribution < -0.4 is 11.2 Å². The standard InChI is InChI=1S/C7H9BO2.CH3NO/c1-6-3-2-4-7(5-6)8(9)10;2-1-3/h2-5,9-10H,1H3;1H,(H2,2,3). The number of carbonyl (C=O) groups excluding carboxylic acids is 1. The molecule has 0 aliphatic rings. The van der Waals surface area contributed by atoms with Crippen LogP contribution in [0.15, 0.2) is 24.3 Å². The molecular weight excluding hydrogens is 169 g/mol. The Kier molecular flexibility index (Phi) is 5.59. The Morgan fingerprint density at radius 2 is 2.00 bits per heavy atom. The van der Waals surface area contributed by atoms with E-state index in [9.17, 15) is 0 Å². The Bertz CT molecular complexity index is 265. The molecule has 0 saturated heterocycles. The number of primary amides is 1. The van der Waals surface area contributed by atoms with E-state index in [2.05, 4.69) is 5.73 Å². The third-order valence-corrected chi connectivity index (χ3v) is 1.34. The van der Waals surface area contributed by atoms with Gasteiger partial charge in [-0.1, -0.05) is 29.8 Å². The molecule has 70 valence electrons. The van der Waals surface area contributed by atoms with Crippen molar-refractivity contribution in [3.8, 4) is 0 Å². The molecule has 13 heavy (non-hydrogen) atoms. The van der Waals surface area contributed by atoms with Gasteiger partial charge in [0, 0.05) is 0 Å². The van der Waals surface area contributed by atoms with Gasteiger partial charge < -0.3 is 15.8 Å². The summed E-state index contributed by atoms with van der Waals surface area (Å²) in [5, 5.41) is 17.4. The minimum absolute atomic E-state index is 0.250. The van der Waals surface area contributed by atoms with Gasteiger partial charge in [0.1, 0.15) is 0 Å². The smallest absolute Gasteiger partial charge is 0.423 e. The Balaban J connectivity index is 0.000000424.